The zero-order chi connectivity index (χ0) is 9.49. The van der Waals surface area contributed by atoms with Crippen molar-refractivity contribution in [1.29, 1.82) is 0 Å². The lowest BCUT2D eigenvalue weighted by atomic mass is 10.7. The Labute approximate surface area is 64.5 Å². The van der Waals surface area contributed by atoms with E-state index in [1.165, 1.54) is 7.11 Å². The molecule has 0 aromatic rings. The van der Waals surface area contributed by atoms with Gasteiger partial charge in [-0.3, -0.25) is 0 Å². The van der Waals surface area contributed by atoms with Gasteiger partial charge in [-0.15, -0.1) is 0 Å². The molecule has 0 amide bonds. The quantitative estimate of drug-likeness (QED) is 0.207. The van der Waals surface area contributed by atoms with Gasteiger partial charge in [-0.05, 0) is 0 Å². The summed E-state index contributed by atoms with van der Waals surface area (Å²) in [4.78, 5) is 39.1. The number of ether oxygens (including phenoxy) is 1. The summed E-state index contributed by atoms with van der Waals surface area (Å²) in [5, 5.41) is 0. The van der Waals surface area contributed by atoms with E-state index in [4.69, 9.17) is 19.2 Å². The fourth-order valence-corrected chi connectivity index (χ4v) is 0.0833. The standard InChI is InChI=1S/C4H6O2.H4O4Si/c1-3-4(5)6-2;1-5(2,3)4/h3H,1H2,2H3;1-4H. The van der Waals surface area contributed by atoms with Gasteiger partial charge in [0.25, 0.3) is 0 Å². The maximum absolute atomic E-state index is 9.84. The van der Waals surface area contributed by atoms with Gasteiger partial charge in [0.1, 0.15) is 0 Å². The molecule has 0 rings (SSSR count). The Morgan fingerprint density at radius 2 is 1.73 bits per heavy atom. The van der Waals surface area contributed by atoms with E-state index in [1.807, 2.05) is 0 Å². The molecule has 0 aliphatic heterocycles. The Kier molecular flexibility index (Phi) is 7.05. The van der Waals surface area contributed by atoms with Gasteiger partial charge in [0, 0.05) is 6.08 Å². The molecule has 0 heterocycles. The van der Waals surface area contributed by atoms with Crippen LogP contribution in [-0.4, -0.2) is 41.3 Å². The van der Waals surface area contributed by atoms with E-state index >= 15 is 0 Å². The van der Waals surface area contributed by atoms with E-state index in [0.29, 0.717) is 0 Å². The predicted octanol–water partition coefficient (Wildman–Crippen LogP) is -2.26. The molecule has 7 heteroatoms. The van der Waals surface area contributed by atoms with Crippen molar-refractivity contribution in [3.05, 3.63) is 12.7 Å². The molecular weight excluding hydrogens is 172 g/mol. The number of hydrogen-bond donors (Lipinski definition) is 4. The van der Waals surface area contributed by atoms with Crippen molar-refractivity contribution in [2.24, 2.45) is 0 Å². The van der Waals surface area contributed by atoms with Crippen molar-refractivity contribution in [2.45, 2.75) is 0 Å². The van der Waals surface area contributed by atoms with Gasteiger partial charge in [0.2, 0.25) is 0 Å². The Balaban J connectivity index is 0. The van der Waals surface area contributed by atoms with Gasteiger partial charge in [-0.2, -0.15) is 0 Å². The number of methoxy groups -OCH3 is 1. The maximum Gasteiger partial charge on any atom is 0.668 e. The predicted molar refractivity (Wildman–Crippen MR) is 36.8 cm³/mol. The van der Waals surface area contributed by atoms with Gasteiger partial charge >= 0.3 is 15.0 Å². The maximum atomic E-state index is 9.84. The third-order valence-electron chi connectivity index (χ3n) is 0.368. The van der Waals surface area contributed by atoms with Crippen LogP contribution in [-0.2, 0) is 9.53 Å². The zero-order valence-corrected chi connectivity index (χ0v) is 6.89. The molecule has 0 radical (unpaired) electrons. The van der Waals surface area contributed by atoms with Gasteiger partial charge in [0.15, 0.2) is 0 Å². The molecule has 0 bridgehead atoms. The molecule has 66 valence electrons. The molecular formula is C4H10O6Si. The molecule has 0 saturated carbocycles. The van der Waals surface area contributed by atoms with E-state index in [1.54, 1.807) is 0 Å². The molecule has 0 aliphatic rings. The van der Waals surface area contributed by atoms with E-state index < -0.39 is 15.0 Å². The lowest BCUT2D eigenvalue weighted by molar-refractivity contribution is -0.134. The first-order valence-corrected chi connectivity index (χ1v) is 4.20. The number of hydrogen-bond acceptors (Lipinski definition) is 6. The summed E-state index contributed by atoms with van der Waals surface area (Å²) in [7, 11) is -3.30. The van der Waals surface area contributed by atoms with Crippen LogP contribution in [0.15, 0.2) is 12.7 Å². The van der Waals surface area contributed by atoms with Crippen LogP contribution in [0.2, 0.25) is 0 Å². The molecule has 0 aromatic heterocycles. The Morgan fingerprint density at radius 1 is 1.45 bits per heavy atom. The van der Waals surface area contributed by atoms with E-state index in [-0.39, 0.29) is 0 Å². The molecule has 0 saturated heterocycles. The van der Waals surface area contributed by atoms with Crippen LogP contribution < -0.4 is 0 Å². The molecule has 0 aromatic carbocycles. The van der Waals surface area contributed by atoms with Crippen molar-refractivity contribution in [1.82, 2.24) is 0 Å². The average Bonchev–Trinajstić information content (AvgIpc) is 1.83. The number of esters is 1. The first kappa shape index (κ1) is 12.9. The minimum Gasteiger partial charge on any atom is -0.466 e. The second-order valence-corrected chi connectivity index (χ2v) is 2.53. The molecule has 11 heavy (non-hydrogen) atoms. The first-order valence-electron chi connectivity index (χ1n) is 2.41. The largest absolute Gasteiger partial charge is 0.668 e. The lowest BCUT2D eigenvalue weighted by Gasteiger charge is -1.91. The zero-order valence-electron chi connectivity index (χ0n) is 5.89. The number of carbonyl (C=O) groups is 1. The van der Waals surface area contributed by atoms with Crippen LogP contribution in [0.5, 0.6) is 0 Å². The van der Waals surface area contributed by atoms with Crippen molar-refractivity contribution in [2.75, 3.05) is 7.11 Å². The van der Waals surface area contributed by atoms with E-state index in [9.17, 15) is 4.79 Å². The Morgan fingerprint density at radius 3 is 1.73 bits per heavy atom. The summed E-state index contributed by atoms with van der Waals surface area (Å²) in [6.07, 6.45) is 1.11. The van der Waals surface area contributed by atoms with Crippen LogP contribution >= 0.6 is 0 Å². The molecule has 0 fully saturated rings. The first-order chi connectivity index (χ1) is 4.81. The SMILES string of the molecule is C=CC(=O)OC.O[Si](O)(O)O. The van der Waals surface area contributed by atoms with Crippen LogP contribution in [0.4, 0.5) is 0 Å². The minimum absolute atomic E-state index is 0.394. The highest BCUT2D eigenvalue weighted by molar-refractivity contribution is 6.46. The second-order valence-electron chi connectivity index (χ2n) is 1.33. The lowest BCUT2D eigenvalue weighted by Crippen LogP contribution is -2.33. The van der Waals surface area contributed by atoms with Gasteiger partial charge in [-0.1, -0.05) is 6.58 Å². The highest BCUT2D eigenvalue weighted by Gasteiger charge is 2.22. The van der Waals surface area contributed by atoms with Crippen molar-refractivity contribution in [3.63, 3.8) is 0 Å². The normalized spacial score (nSPS) is 9.18. The second kappa shape index (κ2) is 6.01. The summed E-state index contributed by atoms with van der Waals surface area (Å²) in [5.74, 6) is -0.394. The van der Waals surface area contributed by atoms with Crippen LogP contribution in [0.1, 0.15) is 0 Å². The summed E-state index contributed by atoms with van der Waals surface area (Å²) in [5.41, 5.74) is 0. The Hall–Kier alpha value is -0.733. The van der Waals surface area contributed by atoms with Crippen molar-refractivity contribution < 1.29 is 28.7 Å². The topological polar surface area (TPSA) is 107 Å². The summed E-state index contributed by atoms with van der Waals surface area (Å²) in [6, 6.07) is 0. The monoisotopic (exact) mass is 182 g/mol. The number of rotatable bonds is 1. The van der Waals surface area contributed by atoms with Crippen LogP contribution in [0.25, 0.3) is 0 Å². The van der Waals surface area contributed by atoms with Crippen molar-refractivity contribution in [3.8, 4) is 0 Å². The van der Waals surface area contributed by atoms with Gasteiger partial charge in [-0.25, -0.2) is 4.79 Å². The highest BCUT2D eigenvalue weighted by Crippen LogP contribution is 1.68. The molecule has 6 nitrogen and oxygen atoms in total. The molecule has 0 unspecified atom stereocenters. The van der Waals surface area contributed by atoms with Crippen LogP contribution in [0, 0.1) is 0 Å². The van der Waals surface area contributed by atoms with Gasteiger partial charge < -0.3 is 23.9 Å². The van der Waals surface area contributed by atoms with Crippen LogP contribution in [0.3, 0.4) is 0 Å². The molecule has 0 atom stereocenters. The average molecular weight is 182 g/mol. The fourth-order valence-electron chi connectivity index (χ4n) is 0.0833. The summed E-state index contributed by atoms with van der Waals surface area (Å²) >= 11 is 0. The summed E-state index contributed by atoms with van der Waals surface area (Å²) < 4.78 is 4.14. The van der Waals surface area contributed by atoms with E-state index in [2.05, 4.69) is 11.3 Å². The smallest absolute Gasteiger partial charge is 0.466 e. The molecule has 0 spiro atoms. The third-order valence-corrected chi connectivity index (χ3v) is 0.368. The van der Waals surface area contributed by atoms with Gasteiger partial charge in [0.05, 0.1) is 7.11 Å². The Bertz CT molecular complexity index is 121. The molecule has 0 aliphatic carbocycles. The minimum atomic E-state index is -4.61. The van der Waals surface area contributed by atoms with E-state index in [0.717, 1.165) is 6.08 Å². The number of carbonyl (C=O) groups excluding carboxylic acids is 1. The highest BCUT2D eigenvalue weighted by atomic mass is 28.4. The molecule has 4 N–H and O–H groups in total. The third kappa shape index (κ3) is 45.9. The van der Waals surface area contributed by atoms with Crippen molar-refractivity contribution >= 4 is 15.0 Å². The summed E-state index contributed by atoms with van der Waals surface area (Å²) in [6.45, 7) is 3.16. The fraction of sp³-hybridized carbons (Fsp3) is 0.250.